The Kier molecular flexibility index (Phi) is 8.82. The third-order valence-electron chi connectivity index (χ3n) is 4.55. The van der Waals surface area contributed by atoms with Crippen molar-refractivity contribution in [3.05, 3.63) is 22.7 Å². The Balaban J connectivity index is 2.46. The van der Waals surface area contributed by atoms with E-state index in [0.717, 1.165) is 0 Å². The molecule has 4 atom stereocenters. The van der Waals surface area contributed by atoms with E-state index in [9.17, 15) is 4.79 Å². The van der Waals surface area contributed by atoms with E-state index in [0.29, 0.717) is 12.4 Å². The molecule has 1 aromatic heterocycles. The maximum Gasteiger partial charge on any atom is 0.351 e. The molecule has 1 aliphatic rings. The molecule has 2 heterocycles. The highest BCUT2D eigenvalue weighted by Gasteiger charge is 2.50. The van der Waals surface area contributed by atoms with Crippen LogP contribution in [0.3, 0.4) is 0 Å². The van der Waals surface area contributed by atoms with Crippen LogP contribution in [0.2, 0.25) is 78.6 Å². The minimum atomic E-state index is -1.98. The monoisotopic (exact) mass is 531 g/mol. The van der Waals surface area contributed by atoms with E-state index in [1.165, 1.54) is 0 Å². The number of aromatic nitrogens is 2. The summed E-state index contributed by atoms with van der Waals surface area (Å²) in [6.07, 6.45) is 0.109. The van der Waals surface area contributed by atoms with Crippen molar-refractivity contribution in [2.75, 3.05) is 11.6 Å². The summed E-state index contributed by atoms with van der Waals surface area (Å²) in [5.41, 5.74) is -0.356. The minimum absolute atomic E-state index is 0.309. The number of anilines is 1. The highest BCUT2D eigenvalue weighted by Crippen LogP contribution is 2.37. The molecular weight excluding hydrogens is 487 g/mol. The lowest BCUT2D eigenvalue weighted by Gasteiger charge is -2.34. The zero-order valence-electron chi connectivity index (χ0n) is 22.6. The van der Waals surface area contributed by atoms with E-state index in [1.807, 2.05) is 6.07 Å². The van der Waals surface area contributed by atoms with Gasteiger partial charge in [0.25, 0.3) is 0 Å². The Hall–Kier alpha value is -0.612. The van der Waals surface area contributed by atoms with Crippen molar-refractivity contribution in [3.63, 3.8) is 0 Å². The fourth-order valence-electron chi connectivity index (χ4n) is 3.54. The number of nitrogens with zero attached hydrogens (tertiary/aromatic N) is 2. The lowest BCUT2D eigenvalue weighted by Crippen LogP contribution is -2.49. The molecule has 33 heavy (non-hydrogen) atoms. The van der Waals surface area contributed by atoms with Crippen LogP contribution >= 0.6 is 0 Å². The molecule has 0 aromatic carbocycles. The molecule has 1 unspecified atom stereocenters. The van der Waals surface area contributed by atoms with Gasteiger partial charge in [-0.3, -0.25) is 4.57 Å². The van der Waals surface area contributed by atoms with Crippen LogP contribution in [0.5, 0.6) is 0 Å². The van der Waals surface area contributed by atoms with Crippen LogP contribution in [0.25, 0.3) is 0 Å². The molecule has 8 nitrogen and oxygen atoms in total. The predicted molar refractivity (Wildman–Crippen MR) is 145 cm³/mol. The molecule has 1 aliphatic heterocycles. The van der Waals surface area contributed by atoms with Crippen molar-refractivity contribution >= 4 is 39.0 Å². The second-order valence-electron chi connectivity index (χ2n) is 12.8. The molecule has 0 bridgehead atoms. The number of rotatable bonds is 10. The Bertz CT molecular complexity index is 856. The van der Waals surface area contributed by atoms with Crippen molar-refractivity contribution in [1.82, 2.24) is 9.55 Å². The fourth-order valence-corrected chi connectivity index (χ4v) is 7.28. The van der Waals surface area contributed by atoms with Crippen LogP contribution in [0.4, 0.5) is 5.82 Å². The van der Waals surface area contributed by atoms with Crippen molar-refractivity contribution in [1.29, 1.82) is 0 Å². The van der Waals surface area contributed by atoms with Crippen molar-refractivity contribution < 1.29 is 18.0 Å². The highest BCUT2D eigenvalue weighted by molar-refractivity contribution is 6.79. The van der Waals surface area contributed by atoms with E-state index >= 15 is 0 Å². The molecule has 0 saturated carbocycles. The molecule has 0 aliphatic carbocycles. The van der Waals surface area contributed by atoms with Crippen molar-refractivity contribution in [3.8, 4) is 0 Å². The summed E-state index contributed by atoms with van der Waals surface area (Å²) in [5.74, 6) is 0.601. The predicted octanol–water partition coefficient (Wildman–Crippen LogP) is 4.68. The van der Waals surface area contributed by atoms with Gasteiger partial charge in [0.15, 0.2) is 31.2 Å². The molecule has 0 radical (unpaired) electrons. The van der Waals surface area contributed by atoms with Crippen molar-refractivity contribution in [2.24, 2.45) is 0 Å². The van der Waals surface area contributed by atoms with Gasteiger partial charge in [-0.1, -0.05) is 19.6 Å². The SMILES string of the molecule is C[Si](C)(C)Nc1ccn(C2O[C@@H](CO[Si](C)(C)C)[C@H](O[Si](C)(C)C)[C@@H]2O[Si](C)(C)C)c(=O)n1. The first-order valence-electron chi connectivity index (χ1n) is 11.8. The molecule has 190 valence electrons. The van der Waals surface area contributed by atoms with Crippen LogP contribution in [-0.4, -0.2) is 67.7 Å². The highest BCUT2D eigenvalue weighted by atomic mass is 28.4. The third kappa shape index (κ3) is 9.51. The van der Waals surface area contributed by atoms with Crippen LogP contribution in [-0.2, 0) is 18.0 Å². The largest absolute Gasteiger partial charge is 0.415 e. The summed E-state index contributed by atoms with van der Waals surface area (Å²) in [6, 6.07) is 1.84. The van der Waals surface area contributed by atoms with Crippen molar-refractivity contribution in [2.45, 2.75) is 103 Å². The van der Waals surface area contributed by atoms with E-state index in [1.54, 1.807) is 10.8 Å². The normalized spacial score (nSPS) is 24.8. The van der Waals surface area contributed by atoms with Gasteiger partial charge < -0.3 is 23.0 Å². The number of hydrogen-bond acceptors (Lipinski definition) is 7. The molecule has 12 heteroatoms. The summed E-state index contributed by atoms with van der Waals surface area (Å²) in [5, 5.41) is 0. The quantitative estimate of drug-likeness (QED) is 0.439. The van der Waals surface area contributed by atoms with Gasteiger partial charge >= 0.3 is 5.69 Å². The van der Waals surface area contributed by atoms with Crippen LogP contribution < -0.4 is 10.7 Å². The van der Waals surface area contributed by atoms with Gasteiger partial charge in [-0.15, -0.1) is 0 Å². The van der Waals surface area contributed by atoms with E-state index in [2.05, 4.69) is 88.5 Å². The Morgan fingerprint density at radius 1 is 0.909 bits per heavy atom. The number of ether oxygens (including phenoxy) is 1. The standard InChI is InChI=1S/C21H45N3O5Si4/c1-30(2,3)23-17-13-14-24(21(25)22-17)20-19(29-33(10,11)12)18(28-32(7,8)9)16(27-20)15-26-31(4,5)6/h13-14,16,18-20H,15H2,1-12H3,(H,22,23,25)/t16-,18-,19-,20?/m0/s1. The Labute approximate surface area is 203 Å². The summed E-state index contributed by atoms with van der Waals surface area (Å²) in [7, 11) is -7.31. The summed E-state index contributed by atoms with van der Waals surface area (Å²) in [6.45, 7) is 26.3. The van der Waals surface area contributed by atoms with Gasteiger partial charge in [-0.05, 0) is 65.0 Å². The average molecular weight is 532 g/mol. The van der Waals surface area contributed by atoms with E-state index in [-0.39, 0.29) is 17.9 Å². The van der Waals surface area contributed by atoms with Gasteiger partial charge in [0.1, 0.15) is 32.4 Å². The second-order valence-corrected chi connectivity index (χ2v) is 30.9. The van der Waals surface area contributed by atoms with E-state index < -0.39 is 45.5 Å². The molecule has 0 amide bonds. The number of hydrogen-bond donors (Lipinski definition) is 1. The summed E-state index contributed by atoms with van der Waals surface area (Å²) < 4.78 is 27.5. The smallest absolute Gasteiger partial charge is 0.351 e. The molecular formula is C21H45N3O5Si4. The maximum atomic E-state index is 13.1. The van der Waals surface area contributed by atoms with E-state index in [4.69, 9.17) is 18.0 Å². The molecule has 1 fully saturated rings. The average Bonchev–Trinajstić information content (AvgIpc) is 2.85. The molecule has 1 aromatic rings. The summed E-state index contributed by atoms with van der Waals surface area (Å²) >= 11 is 0. The van der Waals surface area contributed by atoms with Crippen LogP contribution in [0.1, 0.15) is 6.23 Å². The Morgan fingerprint density at radius 2 is 1.45 bits per heavy atom. The van der Waals surface area contributed by atoms with Crippen LogP contribution in [0.15, 0.2) is 17.1 Å². The fraction of sp³-hybridized carbons (Fsp3) is 0.810. The second kappa shape index (κ2) is 10.2. The minimum Gasteiger partial charge on any atom is -0.415 e. The third-order valence-corrected chi connectivity index (χ3v) is 8.55. The molecule has 1 N–H and O–H groups in total. The zero-order valence-corrected chi connectivity index (χ0v) is 26.6. The first kappa shape index (κ1) is 28.6. The maximum absolute atomic E-state index is 13.1. The van der Waals surface area contributed by atoms with Crippen LogP contribution in [0, 0.1) is 0 Å². The zero-order chi connectivity index (χ0) is 25.4. The van der Waals surface area contributed by atoms with Gasteiger partial charge in [0, 0.05) is 6.20 Å². The topological polar surface area (TPSA) is 83.8 Å². The summed E-state index contributed by atoms with van der Waals surface area (Å²) in [4.78, 5) is 20.8. The van der Waals surface area contributed by atoms with Gasteiger partial charge in [-0.25, -0.2) is 4.79 Å². The molecule has 0 spiro atoms. The van der Waals surface area contributed by atoms with Gasteiger partial charge in [0.2, 0.25) is 0 Å². The Morgan fingerprint density at radius 3 is 1.91 bits per heavy atom. The molecule has 2 rings (SSSR count). The number of nitrogens with one attached hydrogen (secondary N) is 1. The first-order chi connectivity index (χ1) is 14.7. The van der Waals surface area contributed by atoms with Gasteiger partial charge in [-0.2, -0.15) is 4.98 Å². The molecule has 1 saturated heterocycles. The first-order valence-corrected chi connectivity index (χ1v) is 25.5. The lowest BCUT2D eigenvalue weighted by molar-refractivity contribution is -0.0496. The van der Waals surface area contributed by atoms with Gasteiger partial charge in [0.05, 0.1) is 6.61 Å². The lowest BCUT2D eigenvalue weighted by atomic mass is 10.1.